The molecule has 0 bridgehead atoms. The summed E-state index contributed by atoms with van der Waals surface area (Å²) in [6.45, 7) is 4.67. The van der Waals surface area contributed by atoms with Gasteiger partial charge in [0.25, 0.3) is 0 Å². The van der Waals surface area contributed by atoms with Crippen LogP contribution >= 0.6 is 0 Å². The highest BCUT2D eigenvalue weighted by Crippen LogP contribution is 2.10. The summed E-state index contributed by atoms with van der Waals surface area (Å²) in [7, 11) is -1.19. The van der Waals surface area contributed by atoms with Crippen LogP contribution in [0.1, 0.15) is 13.8 Å². The smallest absolute Gasteiger partial charge is 0.179 e. The molecule has 0 N–H and O–H groups in total. The molecule has 0 aromatic heterocycles. The summed E-state index contributed by atoms with van der Waals surface area (Å²) in [6.07, 6.45) is 0. The van der Waals surface area contributed by atoms with E-state index in [1.54, 1.807) is 24.3 Å². The van der Waals surface area contributed by atoms with E-state index in [1.165, 1.54) is 0 Å². The monoisotopic (exact) mass is 241 g/mol. The number of hydrogen-bond donors (Lipinski definition) is 0. The Hall–Kier alpha value is -0.870. The van der Waals surface area contributed by atoms with Gasteiger partial charge in [-0.1, -0.05) is 18.2 Å². The largest absolute Gasteiger partial charge is 0.303 e. The molecule has 0 unspecified atom stereocenters. The molecule has 0 spiro atoms. The van der Waals surface area contributed by atoms with Crippen molar-refractivity contribution >= 4 is 9.84 Å². The lowest BCUT2D eigenvalue weighted by Gasteiger charge is -2.20. The van der Waals surface area contributed by atoms with Gasteiger partial charge in [-0.2, -0.15) is 0 Å². The van der Waals surface area contributed by atoms with Gasteiger partial charge < -0.3 is 4.90 Å². The Balaban J connectivity index is 2.67. The van der Waals surface area contributed by atoms with E-state index in [0.29, 0.717) is 17.5 Å². The molecule has 0 atom stereocenters. The van der Waals surface area contributed by atoms with Gasteiger partial charge in [-0.15, -0.1) is 0 Å². The fraction of sp³-hybridized carbons (Fsp3) is 0.500. The number of rotatable bonds is 5. The summed E-state index contributed by atoms with van der Waals surface area (Å²) >= 11 is 0. The van der Waals surface area contributed by atoms with Crippen LogP contribution in [0, 0.1) is 0 Å². The standard InChI is InChI=1S/C12H19NO2S/c1-11(2)13(3)9-10-16(14,15)12-7-5-4-6-8-12/h4-8,11H,9-10H2,1-3H3. The molecule has 1 aromatic carbocycles. The summed E-state index contributed by atoms with van der Waals surface area (Å²) in [6, 6.07) is 8.97. The van der Waals surface area contributed by atoms with Crippen molar-refractivity contribution in [2.75, 3.05) is 19.3 Å². The van der Waals surface area contributed by atoms with E-state index < -0.39 is 9.84 Å². The summed E-state index contributed by atoms with van der Waals surface area (Å²) in [5, 5.41) is 0. The molecule has 3 nitrogen and oxygen atoms in total. The minimum atomic E-state index is -3.13. The zero-order valence-electron chi connectivity index (χ0n) is 10.1. The molecule has 0 saturated carbocycles. The van der Waals surface area contributed by atoms with E-state index in [2.05, 4.69) is 13.8 Å². The number of hydrogen-bond acceptors (Lipinski definition) is 3. The Kier molecular flexibility index (Phi) is 4.50. The van der Waals surface area contributed by atoms with Gasteiger partial charge in [-0.25, -0.2) is 8.42 Å². The first-order valence-electron chi connectivity index (χ1n) is 5.41. The van der Waals surface area contributed by atoms with Crippen molar-refractivity contribution in [3.05, 3.63) is 30.3 Å². The summed E-state index contributed by atoms with van der Waals surface area (Å²) in [5.74, 6) is 0.172. The van der Waals surface area contributed by atoms with Crippen LogP contribution < -0.4 is 0 Å². The van der Waals surface area contributed by atoms with Crippen LogP contribution in [0.4, 0.5) is 0 Å². The highest BCUT2D eigenvalue weighted by molar-refractivity contribution is 7.91. The second-order valence-electron chi connectivity index (χ2n) is 4.21. The average molecular weight is 241 g/mol. The van der Waals surface area contributed by atoms with Gasteiger partial charge >= 0.3 is 0 Å². The third-order valence-electron chi connectivity index (χ3n) is 2.70. The molecular formula is C12H19NO2S. The Morgan fingerprint density at radius 3 is 2.25 bits per heavy atom. The van der Waals surface area contributed by atoms with Crippen LogP contribution in [0.2, 0.25) is 0 Å². The minimum absolute atomic E-state index is 0.172. The van der Waals surface area contributed by atoms with E-state index in [1.807, 2.05) is 18.0 Å². The van der Waals surface area contributed by atoms with Crippen molar-refractivity contribution in [2.45, 2.75) is 24.8 Å². The second kappa shape index (κ2) is 5.46. The van der Waals surface area contributed by atoms with Crippen LogP contribution in [0.5, 0.6) is 0 Å². The van der Waals surface area contributed by atoms with Crippen molar-refractivity contribution in [2.24, 2.45) is 0 Å². The molecule has 0 aliphatic rings. The molecule has 0 amide bonds. The van der Waals surface area contributed by atoms with Gasteiger partial charge in [0, 0.05) is 12.6 Å². The zero-order valence-corrected chi connectivity index (χ0v) is 10.9. The van der Waals surface area contributed by atoms with Crippen LogP contribution in [0.3, 0.4) is 0 Å². The normalized spacial score (nSPS) is 12.3. The van der Waals surface area contributed by atoms with E-state index in [-0.39, 0.29) is 5.75 Å². The van der Waals surface area contributed by atoms with Gasteiger partial charge in [-0.05, 0) is 33.0 Å². The average Bonchev–Trinajstić information content (AvgIpc) is 2.27. The van der Waals surface area contributed by atoms with Gasteiger partial charge in [0.1, 0.15) is 0 Å². The minimum Gasteiger partial charge on any atom is -0.303 e. The second-order valence-corrected chi connectivity index (χ2v) is 6.32. The van der Waals surface area contributed by atoms with Crippen molar-refractivity contribution in [1.82, 2.24) is 4.90 Å². The lowest BCUT2D eigenvalue weighted by Crippen LogP contribution is -2.31. The van der Waals surface area contributed by atoms with Crippen LogP contribution in [0.15, 0.2) is 35.2 Å². The summed E-state index contributed by atoms with van der Waals surface area (Å²) in [4.78, 5) is 2.44. The van der Waals surface area contributed by atoms with Crippen LogP contribution in [0.25, 0.3) is 0 Å². The van der Waals surface area contributed by atoms with E-state index in [0.717, 1.165) is 0 Å². The number of benzene rings is 1. The molecule has 1 aromatic rings. The maximum atomic E-state index is 11.9. The van der Waals surface area contributed by atoms with Crippen molar-refractivity contribution < 1.29 is 8.42 Å². The van der Waals surface area contributed by atoms with Crippen LogP contribution in [-0.2, 0) is 9.84 Å². The fourth-order valence-corrected chi connectivity index (χ4v) is 2.60. The Labute approximate surface area is 98.0 Å². The Bertz CT molecular complexity index is 412. The maximum absolute atomic E-state index is 11.9. The highest BCUT2D eigenvalue weighted by Gasteiger charge is 2.15. The first kappa shape index (κ1) is 13.2. The fourth-order valence-electron chi connectivity index (χ4n) is 1.27. The predicted octanol–water partition coefficient (Wildman–Crippen LogP) is 1.80. The first-order valence-corrected chi connectivity index (χ1v) is 7.07. The topological polar surface area (TPSA) is 37.4 Å². The van der Waals surface area contributed by atoms with E-state index in [9.17, 15) is 8.42 Å². The quantitative estimate of drug-likeness (QED) is 0.789. The third kappa shape index (κ3) is 3.61. The maximum Gasteiger partial charge on any atom is 0.179 e. The number of sulfone groups is 1. The molecule has 1 rings (SSSR count). The van der Waals surface area contributed by atoms with Crippen molar-refractivity contribution in [1.29, 1.82) is 0 Å². The summed E-state index contributed by atoms with van der Waals surface area (Å²) < 4.78 is 23.9. The van der Waals surface area contributed by atoms with E-state index >= 15 is 0 Å². The molecule has 0 fully saturated rings. The third-order valence-corrected chi connectivity index (χ3v) is 4.41. The molecule has 0 aliphatic heterocycles. The first-order chi connectivity index (χ1) is 7.43. The predicted molar refractivity (Wildman–Crippen MR) is 66.3 cm³/mol. The van der Waals surface area contributed by atoms with Crippen molar-refractivity contribution in [3.8, 4) is 0 Å². The molecular weight excluding hydrogens is 222 g/mol. The molecule has 4 heteroatoms. The highest BCUT2D eigenvalue weighted by atomic mass is 32.2. The molecule has 0 radical (unpaired) electrons. The zero-order chi connectivity index (χ0) is 12.2. The Morgan fingerprint density at radius 2 is 1.75 bits per heavy atom. The molecule has 0 heterocycles. The van der Waals surface area contributed by atoms with E-state index in [4.69, 9.17) is 0 Å². The molecule has 16 heavy (non-hydrogen) atoms. The molecule has 0 aliphatic carbocycles. The summed E-state index contributed by atoms with van der Waals surface area (Å²) in [5.41, 5.74) is 0. The SMILES string of the molecule is CC(C)N(C)CCS(=O)(=O)c1ccccc1. The van der Waals surface area contributed by atoms with Gasteiger partial charge in [-0.3, -0.25) is 0 Å². The van der Waals surface area contributed by atoms with Gasteiger partial charge in [0.05, 0.1) is 10.6 Å². The molecule has 0 saturated heterocycles. The van der Waals surface area contributed by atoms with Gasteiger partial charge in [0.2, 0.25) is 0 Å². The van der Waals surface area contributed by atoms with Crippen molar-refractivity contribution in [3.63, 3.8) is 0 Å². The lowest BCUT2D eigenvalue weighted by atomic mass is 10.3. The Morgan fingerprint density at radius 1 is 1.19 bits per heavy atom. The van der Waals surface area contributed by atoms with Gasteiger partial charge in [0.15, 0.2) is 9.84 Å². The molecule has 90 valence electrons. The van der Waals surface area contributed by atoms with Crippen LogP contribution in [-0.4, -0.2) is 38.7 Å². The number of nitrogens with zero attached hydrogens (tertiary/aromatic N) is 1. The lowest BCUT2D eigenvalue weighted by molar-refractivity contribution is 0.289.